The van der Waals surface area contributed by atoms with Gasteiger partial charge in [-0.1, -0.05) is 11.6 Å². The van der Waals surface area contributed by atoms with E-state index in [1.165, 1.54) is 25.6 Å². The monoisotopic (exact) mass is 318 g/mol. The van der Waals surface area contributed by atoms with E-state index in [0.29, 0.717) is 33.8 Å². The molecule has 0 saturated heterocycles. The Morgan fingerprint density at radius 3 is 2.77 bits per heavy atom. The molecular formula is C15H12ClFN4O. The maximum absolute atomic E-state index is 13.5. The molecule has 0 radical (unpaired) electrons. The maximum atomic E-state index is 13.5. The van der Waals surface area contributed by atoms with Gasteiger partial charge in [0.05, 0.1) is 23.3 Å². The van der Waals surface area contributed by atoms with E-state index in [1.807, 2.05) is 0 Å². The lowest BCUT2D eigenvalue weighted by molar-refractivity contribution is 0.417. The lowest BCUT2D eigenvalue weighted by Crippen LogP contribution is -1.99. The molecule has 2 aromatic carbocycles. The van der Waals surface area contributed by atoms with Crippen molar-refractivity contribution in [1.82, 2.24) is 9.97 Å². The Hall–Kier alpha value is -2.60. The third kappa shape index (κ3) is 2.60. The number of fused-ring (bicyclic) bond motifs is 1. The van der Waals surface area contributed by atoms with Gasteiger partial charge in [0.1, 0.15) is 23.7 Å². The number of anilines is 3. The number of halogens is 2. The summed E-state index contributed by atoms with van der Waals surface area (Å²) in [6.07, 6.45) is 1.41. The van der Waals surface area contributed by atoms with Gasteiger partial charge in [-0.3, -0.25) is 0 Å². The van der Waals surface area contributed by atoms with Crippen molar-refractivity contribution in [3.8, 4) is 5.75 Å². The smallest absolute Gasteiger partial charge is 0.143 e. The van der Waals surface area contributed by atoms with Crippen LogP contribution < -0.4 is 15.8 Å². The summed E-state index contributed by atoms with van der Waals surface area (Å²) >= 11 is 5.67. The SMILES string of the molecule is COc1cc2ncnc(Nc3ccc(Cl)c(F)c3)c2cc1N. The molecule has 0 aliphatic rings. The lowest BCUT2D eigenvalue weighted by atomic mass is 10.2. The van der Waals surface area contributed by atoms with Gasteiger partial charge in [-0.25, -0.2) is 14.4 Å². The van der Waals surface area contributed by atoms with Crippen LogP contribution in [0.4, 0.5) is 21.6 Å². The molecule has 0 bridgehead atoms. The van der Waals surface area contributed by atoms with Crippen LogP contribution in [0.3, 0.4) is 0 Å². The number of benzene rings is 2. The topological polar surface area (TPSA) is 73.1 Å². The number of ether oxygens (including phenoxy) is 1. The van der Waals surface area contributed by atoms with Crippen LogP contribution in [0.5, 0.6) is 5.75 Å². The van der Waals surface area contributed by atoms with Crippen LogP contribution in [0.2, 0.25) is 5.02 Å². The second-order valence-electron chi connectivity index (χ2n) is 4.59. The normalized spacial score (nSPS) is 10.7. The van der Waals surface area contributed by atoms with Gasteiger partial charge in [-0.05, 0) is 24.3 Å². The highest BCUT2D eigenvalue weighted by atomic mass is 35.5. The van der Waals surface area contributed by atoms with Crippen molar-refractivity contribution in [2.45, 2.75) is 0 Å². The van der Waals surface area contributed by atoms with E-state index in [1.54, 1.807) is 18.2 Å². The van der Waals surface area contributed by atoms with Crippen LogP contribution in [-0.4, -0.2) is 17.1 Å². The Morgan fingerprint density at radius 1 is 1.23 bits per heavy atom. The first kappa shape index (κ1) is 14.3. The summed E-state index contributed by atoms with van der Waals surface area (Å²) in [6, 6.07) is 7.86. The highest BCUT2D eigenvalue weighted by molar-refractivity contribution is 6.30. The zero-order chi connectivity index (χ0) is 15.7. The summed E-state index contributed by atoms with van der Waals surface area (Å²) in [5.74, 6) is 0.543. The Morgan fingerprint density at radius 2 is 2.05 bits per heavy atom. The molecule has 5 nitrogen and oxygen atoms in total. The Balaban J connectivity index is 2.06. The first-order valence-corrected chi connectivity index (χ1v) is 6.76. The predicted molar refractivity (Wildman–Crippen MR) is 85.2 cm³/mol. The number of nitrogens with two attached hydrogens (primary N) is 1. The number of nitrogens with one attached hydrogen (secondary N) is 1. The Kier molecular flexibility index (Phi) is 3.68. The van der Waals surface area contributed by atoms with Crippen molar-refractivity contribution < 1.29 is 9.13 Å². The molecule has 1 aromatic heterocycles. The minimum atomic E-state index is -0.508. The molecule has 0 spiro atoms. The second kappa shape index (κ2) is 5.65. The van der Waals surface area contributed by atoms with E-state index in [9.17, 15) is 4.39 Å². The average Bonchev–Trinajstić information content (AvgIpc) is 2.51. The molecule has 0 amide bonds. The predicted octanol–water partition coefficient (Wildman–Crippen LogP) is 3.76. The quantitative estimate of drug-likeness (QED) is 0.719. The molecule has 3 aromatic rings. The molecule has 3 rings (SSSR count). The Bertz CT molecular complexity index is 856. The molecule has 0 unspecified atom stereocenters. The molecule has 0 aliphatic heterocycles. The number of hydrogen-bond acceptors (Lipinski definition) is 5. The molecule has 3 N–H and O–H groups in total. The van der Waals surface area contributed by atoms with Gasteiger partial charge in [0.25, 0.3) is 0 Å². The fraction of sp³-hybridized carbons (Fsp3) is 0.0667. The maximum Gasteiger partial charge on any atom is 0.143 e. The highest BCUT2D eigenvalue weighted by Crippen LogP contribution is 2.31. The zero-order valence-electron chi connectivity index (χ0n) is 11.6. The minimum Gasteiger partial charge on any atom is -0.495 e. The summed E-state index contributed by atoms with van der Waals surface area (Å²) in [6.45, 7) is 0. The summed E-state index contributed by atoms with van der Waals surface area (Å²) in [4.78, 5) is 8.36. The second-order valence-corrected chi connectivity index (χ2v) is 4.99. The van der Waals surface area contributed by atoms with E-state index < -0.39 is 5.82 Å². The highest BCUT2D eigenvalue weighted by Gasteiger charge is 2.09. The Labute approximate surface area is 130 Å². The standard InChI is InChI=1S/C15H12ClFN4O/c1-22-14-6-13-9(5-12(14)18)15(20-7-19-13)21-8-2-3-10(16)11(17)4-8/h2-7H,18H2,1H3,(H,19,20,21). The molecule has 1 heterocycles. The molecule has 112 valence electrons. The van der Waals surface area contributed by atoms with Crippen LogP contribution in [0.15, 0.2) is 36.7 Å². The molecule has 0 saturated carbocycles. The number of hydrogen-bond donors (Lipinski definition) is 2. The summed E-state index contributed by atoms with van der Waals surface area (Å²) in [5, 5.41) is 3.80. The van der Waals surface area contributed by atoms with E-state index >= 15 is 0 Å². The van der Waals surface area contributed by atoms with E-state index in [-0.39, 0.29) is 5.02 Å². The number of nitrogen functional groups attached to an aromatic ring is 1. The summed E-state index contributed by atoms with van der Waals surface area (Å²) in [5.41, 5.74) is 7.57. The van der Waals surface area contributed by atoms with E-state index in [0.717, 1.165) is 0 Å². The van der Waals surface area contributed by atoms with Crippen molar-refractivity contribution >= 4 is 39.7 Å². The van der Waals surface area contributed by atoms with E-state index in [4.69, 9.17) is 22.1 Å². The van der Waals surface area contributed by atoms with Gasteiger partial charge in [0.15, 0.2) is 0 Å². The average molecular weight is 319 g/mol. The van der Waals surface area contributed by atoms with Crippen molar-refractivity contribution in [3.63, 3.8) is 0 Å². The van der Waals surface area contributed by atoms with Crippen molar-refractivity contribution in [2.75, 3.05) is 18.2 Å². The van der Waals surface area contributed by atoms with Crippen molar-refractivity contribution in [2.24, 2.45) is 0 Å². The van der Waals surface area contributed by atoms with Gasteiger partial charge in [0.2, 0.25) is 0 Å². The molecular weight excluding hydrogens is 307 g/mol. The lowest BCUT2D eigenvalue weighted by Gasteiger charge is -2.11. The van der Waals surface area contributed by atoms with Gasteiger partial charge < -0.3 is 15.8 Å². The number of nitrogens with zero attached hydrogens (tertiary/aromatic N) is 2. The molecule has 0 aliphatic carbocycles. The number of aromatic nitrogens is 2. The van der Waals surface area contributed by atoms with Crippen LogP contribution in [0.25, 0.3) is 10.9 Å². The summed E-state index contributed by atoms with van der Waals surface area (Å²) in [7, 11) is 1.54. The van der Waals surface area contributed by atoms with Crippen LogP contribution in [0, 0.1) is 5.82 Å². The molecule has 0 atom stereocenters. The largest absolute Gasteiger partial charge is 0.495 e. The van der Waals surface area contributed by atoms with Crippen LogP contribution in [-0.2, 0) is 0 Å². The van der Waals surface area contributed by atoms with Crippen LogP contribution in [0.1, 0.15) is 0 Å². The van der Waals surface area contributed by atoms with Crippen molar-refractivity contribution in [3.05, 3.63) is 47.5 Å². The third-order valence-corrected chi connectivity index (χ3v) is 3.48. The fourth-order valence-electron chi connectivity index (χ4n) is 2.09. The molecule has 0 fully saturated rings. The third-order valence-electron chi connectivity index (χ3n) is 3.17. The van der Waals surface area contributed by atoms with Gasteiger partial charge in [-0.2, -0.15) is 0 Å². The number of methoxy groups -OCH3 is 1. The first-order valence-electron chi connectivity index (χ1n) is 6.39. The fourth-order valence-corrected chi connectivity index (χ4v) is 2.21. The molecule has 22 heavy (non-hydrogen) atoms. The summed E-state index contributed by atoms with van der Waals surface area (Å²) < 4.78 is 18.7. The van der Waals surface area contributed by atoms with Gasteiger partial charge in [-0.15, -0.1) is 0 Å². The first-order chi connectivity index (χ1) is 10.6. The zero-order valence-corrected chi connectivity index (χ0v) is 12.4. The molecule has 7 heteroatoms. The minimum absolute atomic E-state index is 0.0621. The number of rotatable bonds is 3. The van der Waals surface area contributed by atoms with Gasteiger partial charge in [0, 0.05) is 17.1 Å². The van der Waals surface area contributed by atoms with Gasteiger partial charge >= 0.3 is 0 Å². The van der Waals surface area contributed by atoms with Crippen molar-refractivity contribution in [1.29, 1.82) is 0 Å². The van der Waals surface area contributed by atoms with E-state index in [2.05, 4.69) is 15.3 Å². The van der Waals surface area contributed by atoms with Crippen LogP contribution >= 0.6 is 11.6 Å².